The number of aliphatic imine (C=N–C) groups is 1. The minimum Gasteiger partial charge on any atom is -0.484 e. The smallest absolute Gasteiger partial charge is 0.255 e. The van der Waals surface area contributed by atoms with Crippen LogP contribution in [0, 0.1) is 5.92 Å². The summed E-state index contributed by atoms with van der Waals surface area (Å²) in [4.78, 5) is 18.2. The maximum atomic E-state index is 10.9. The SMILES string of the molecule is CCNC(=NCc1cccc(OCC(N)=O)c1)NCC(C(CC)CC)N1CCOCC1. The van der Waals surface area contributed by atoms with Gasteiger partial charge < -0.3 is 25.8 Å². The molecule has 1 aliphatic rings. The molecule has 31 heavy (non-hydrogen) atoms. The van der Waals surface area contributed by atoms with Gasteiger partial charge in [0.15, 0.2) is 12.6 Å². The molecule has 0 bridgehead atoms. The Morgan fingerprint density at radius 2 is 1.97 bits per heavy atom. The van der Waals surface area contributed by atoms with Crippen molar-refractivity contribution >= 4 is 11.9 Å². The Balaban J connectivity index is 2.02. The molecule has 4 N–H and O–H groups in total. The van der Waals surface area contributed by atoms with Crippen molar-refractivity contribution in [3.05, 3.63) is 29.8 Å². The molecular weight excluding hydrogens is 394 g/mol. The summed E-state index contributed by atoms with van der Waals surface area (Å²) in [5.41, 5.74) is 6.15. The molecule has 1 atom stereocenters. The van der Waals surface area contributed by atoms with Crippen LogP contribution >= 0.6 is 0 Å². The molecule has 0 aliphatic carbocycles. The first kappa shape index (κ1) is 24.9. The van der Waals surface area contributed by atoms with Crippen LogP contribution in [0.3, 0.4) is 0 Å². The van der Waals surface area contributed by atoms with Gasteiger partial charge in [0, 0.05) is 32.2 Å². The van der Waals surface area contributed by atoms with E-state index >= 15 is 0 Å². The van der Waals surface area contributed by atoms with Gasteiger partial charge in [-0.1, -0.05) is 38.8 Å². The fourth-order valence-corrected chi connectivity index (χ4v) is 3.94. The molecule has 1 amide bonds. The molecule has 174 valence electrons. The molecule has 1 aromatic carbocycles. The third-order valence-corrected chi connectivity index (χ3v) is 5.63. The first-order chi connectivity index (χ1) is 15.1. The van der Waals surface area contributed by atoms with Gasteiger partial charge in [0.05, 0.1) is 19.8 Å². The fraction of sp³-hybridized carbons (Fsp3) is 0.652. The summed E-state index contributed by atoms with van der Waals surface area (Å²) in [6.45, 7) is 12.2. The van der Waals surface area contributed by atoms with E-state index < -0.39 is 5.91 Å². The largest absolute Gasteiger partial charge is 0.484 e. The van der Waals surface area contributed by atoms with Crippen LogP contribution in [0.25, 0.3) is 0 Å². The number of carbonyl (C=O) groups is 1. The number of hydrogen-bond acceptors (Lipinski definition) is 5. The van der Waals surface area contributed by atoms with E-state index in [4.69, 9.17) is 20.2 Å². The Bertz CT molecular complexity index is 688. The number of amides is 1. The molecule has 1 aromatic rings. The van der Waals surface area contributed by atoms with Gasteiger partial charge in [-0.15, -0.1) is 0 Å². The molecule has 0 aromatic heterocycles. The number of carbonyl (C=O) groups excluding carboxylic acids is 1. The topological polar surface area (TPSA) is 101 Å². The number of guanidine groups is 1. The molecular formula is C23H39N5O3. The average molecular weight is 434 g/mol. The zero-order valence-electron chi connectivity index (χ0n) is 19.2. The third-order valence-electron chi connectivity index (χ3n) is 5.63. The Morgan fingerprint density at radius 3 is 2.61 bits per heavy atom. The minimum absolute atomic E-state index is 0.129. The minimum atomic E-state index is -0.491. The zero-order valence-corrected chi connectivity index (χ0v) is 19.2. The Kier molecular flexibility index (Phi) is 11.2. The van der Waals surface area contributed by atoms with Gasteiger partial charge in [0.2, 0.25) is 0 Å². The number of benzene rings is 1. The Hall–Kier alpha value is -2.32. The van der Waals surface area contributed by atoms with E-state index in [9.17, 15) is 4.79 Å². The van der Waals surface area contributed by atoms with Crippen LogP contribution in [0.4, 0.5) is 0 Å². The van der Waals surface area contributed by atoms with E-state index in [1.54, 1.807) is 0 Å². The highest BCUT2D eigenvalue weighted by Crippen LogP contribution is 2.19. The second-order valence-electron chi connectivity index (χ2n) is 7.77. The van der Waals surface area contributed by atoms with Crippen molar-refractivity contribution in [1.82, 2.24) is 15.5 Å². The van der Waals surface area contributed by atoms with Crippen LogP contribution in [0.5, 0.6) is 5.75 Å². The van der Waals surface area contributed by atoms with Crippen LogP contribution in [0.1, 0.15) is 39.2 Å². The Labute approximate surface area is 186 Å². The van der Waals surface area contributed by atoms with Gasteiger partial charge >= 0.3 is 0 Å². The Morgan fingerprint density at radius 1 is 1.23 bits per heavy atom. The quantitative estimate of drug-likeness (QED) is 0.343. The van der Waals surface area contributed by atoms with Crippen molar-refractivity contribution in [3.8, 4) is 5.75 Å². The molecule has 0 radical (unpaired) electrons. The summed E-state index contributed by atoms with van der Waals surface area (Å²) in [6.07, 6.45) is 2.32. The van der Waals surface area contributed by atoms with Crippen LogP contribution in [0.15, 0.2) is 29.3 Å². The first-order valence-corrected chi connectivity index (χ1v) is 11.4. The number of nitrogens with one attached hydrogen (secondary N) is 2. The fourth-order valence-electron chi connectivity index (χ4n) is 3.94. The maximum absolute atomic E-state index is 10.9. The van der Waals surface area contributed by atoms with Crippen LogP contribution in [0.2, 0.25) is 0 Å². The lowest BCUT2D eigenvalue weighted by Crippen LogP contribution is -2.53. The number of nitrogens with two attached hydrogens (primary N) is 1. The summed E-state index contributed by atoms with van der Waals surface area (Å²) in [5.74, 6) is 1.56. The van der Waals surface area contributed by atoms with Crippen molar-refractivity contribution < 1.29 is 14.3 Å². The molecule has 1 heterocycles. The highest BCUT2D eigenvalue weighted by molar-refractivity contribution is 5.79. The summed E-state index contributed by atoms with van der Waals surface area (Å²) in [6, 6.07) is 8.03. The molecule has 1 unspecified atom stereocenters. The molecule has 1 aliphatic heterocycles. The predicted octanol–water partition coefficient (Wildman–Crippen LogP) is 1.74. The zero-order chi connectivity index (χ0) is 22.5. The van der Waals surface area contributed by atoms with Crippen molar-refractivity contribution in [2.75, 3.05) is 46.0 Å². The summed E-state index contributed by atoms with van der Waals surface area (Å²) in [5, 5.41) is 6.90. The number of rotatable bonds is 12. The van der Waals surface area contributed by atoms with E-state index in [1.807, 2.05) is 24.3 Å². The molecule has 8 nitrogen and oxygen atoms in total. The van der Waals surface area contributed by atoms with E-state index in [-0.39, 0.29) is 6.61 Å². The standard InChI is InChI=1S/C23H39N5O3/c1-4-19(5-2)21(28-10-12-30-13-11-28)16-27-23(25-6-3)26-15-18-8-7-9-20(14-18)31-17-22(24)29/h7-9,14,19,21H,4-6,10-13,15-17H2,1-3H3,(H2,24,29)(H2,25,26,27). The second-order valence-corrected chi connectivity index (χ2v) is 7.77. The number of morpholine rings is 1. The first-order valence-electron chi connectivity index (χ1n) is 11.4. The number of nitrogens with zero attached hydrogens (tertiary/aromatic N) is 2. The number of hydrogen-bond donors (Lipinski definition) is 3. The number of ether oxygens (including phenoxy) is 2. The predicted molar refractivity (Wildman–Crippen MR) is 124 cm³/mol. The van der Waals surface area contributed by atoms with Gasteiger partial charge in [0.1, 0.15) is 5.75 Å². The highest BCUT2D eigenvalue weighted by atomic mass is 16.5. The van der Waals surface area contributed by atoms with Crippen molar-refractivity contribution in [3.63, 3.8) is 0 Å². The van der Waals surface area contributed by atoms with E-state index in [0.29, 0.717) is 24.3 Å². The molecule has 0 spiro atoms. The summed E-state index contributed by atoms with van der Waals surface area (Å²) < 4.78 is 10.9. The summed E-state index contributed by atoms with van der Waals surface area (Å²) >= 11 is 0. The lowest BCUT2D eigenvalue weighted by Gasteiger charge is -2.39. The molecule has 0 saturated carbocycles. The van der Waals surface area contributed by atoms with Crippen molar-refractivity contribution in [2.45, 2.75) is 46.2 Å². The molecule has 8 heteroatoms. The lowest BCUT2D eigenvalue weighted by atomic mass is 9.92. The molecule has 1 fully saturated rings. The van der Waals surface area contributed by atoms with E-state index in [1.165, 1.54) is 0 Å². The van der Waals surface area contributed by atoms with Crippen molar-refractivity contribution in [1.29, 1.82) is 0 Å². The van der Waals surface area contributed by atoms with E-state index in [0.717, 1.165) is 63.8 Å². The van der Waals surface area contributed by atoms with Gasteiger partial charge in [0.25, 0.3) is 5.91 Å². The second kappa shape index (κ2) is 13.9. The average Bonchev–Trinajstić information content (AvgIpc) is 2.79. The maximum Gasteiger partial charge on any atom is 0.255 e. The van der Waals surface area contributed by atoms with Gasteiger partial charge in [-0.05, 0) is 30.5 Å². The third kappa shape index (κ3) is 8.75. The molecule has 2 rings (SSSR count). The van der Waals surface area contributed by atoms with Crippen LogP contribution < -0.4 is 21.1 Å². The number of primary amides is 1. The van der Waals surface area contributed by atoms with Gasteiger partial charge in [-0.2, -0.15) is 0 Å². The summed E-state index contributed by atoms with van der Waals surface area (Å²) in [7, 11) is 0. The normalized spacial score (nSPS) is 16.2. The van der Waals surface area contributed by atoms with E-state index in [2.05, 4.69) is 36.3 Å². The van der Waals surface area contributed by atoms with Gasteiger partial charge in [-0.3, -0.25) is 9.69 Å². The van der Waals surface area contributed by atoms with Gasteiger partial charge in [-0.25, -0.2) is 4.99 Å². The monoisotopic (exact) mass is 433 g/mol. The van der Waals surface area contributed by atoms with Crippen molar-refractivity contribution in [2.24, 2.45) is 16.6 Å². The molecule has 1 saturated heterocycles. The highest BCUT2D eigenvalue weighted by Gasteiger charge is 2.27. The lowest BCUT2D eigenvalue weighted by molar-refractivity contribution is -0.119. The van der Waals surface area contributed by atoms with Crippen LogP contribution in [-0.4, -0.2) is 68.8 Å². The van der Waals surface area contributed by atoms with Crippen LogP contribution in [-0.2, 0) is 16.1 Å².